The zero-order chi connectivity index (χ0) is 28.7. The highest BCUT2D eigenvalue weighted by molar-refractivity contribution is 6.20. The van der Waals surface area contributed by atoms with Crippen LogP contribution < -0.4 is 5.32 Å². The summed E-state index contributed by atoms with van der Waals surface area (Å²) in [5.41, 5.74) is -1.11. The van der Waals surface area contributed by atoms with Gasteiger partial charge in [-0.3, -0.25) is 9.59 Å². The van der Waals surface area contributed by atoms with Gasteiger partial charge in [0.15, 0.2) is 0 Å². The van der Waals surface area contributed by atoms with Crippen LogP contribution in [0.1, 0.15) is 48.6 Å². The molecule has 0 aliphatic rings. The van der Waals surface area contributed by atoms with E-state index in [0.717, 1.165) is 28.7 Å². The Hall–Kier alpha value is -4.01. The number of allylic oxidation sites excluding steroid dienone is 1. The molecule has 0 atom stereocenters. The van der Waals surface area contributed by atoms with E-state index in [1.807, 2.05) is 0 Å². The van der Waals surface area contributed by atoms with Gasteiger partial charge in [-0.2, -0.15) is 13.2 Å². The van der Waals surface area contributed by atoms with E-state index >= 15 is 4.39 Å². The Bertz CT molecular complexity index is 1370. The Morgan fingerprint density at radius 2 is 1.56 bits per heavy atom. The summed E-state index contributed by atoms with van der Waals surface area (Å²) in [6.07, 6.45) is -4.30. The summed E-state index contributed by atoms with van der Waals surface area (Å²) < 4.78 is 71.7. The third kappa shape index (κ3) is 7.31. The van der Waals surface area contributed by atoms with E-state index in [4.69, 9.17) is 0 Å². The highest BCUT2D eigenvalue weighted by atomic mass is 19.4. The number of rotatable bonds is 9. The van der Waals surface area contributed by atoms with Crippen molar-refractivity contribution >= 4 is 17.4 Å². The molecule has 0 saturated carbocycles. The largest absolute Gasteiger partial charge is 0.416 e. The van der Waals surface area contributed by atoms with Crippen molar-refractivity contribution in [2.45, 2.75) is 46.3 Å². The number of carbonyl (C=O) groups is 2. The molecule has 0 heterocycles. The van der Waals surface area contributed by atoms with Crippen LogP contribution in [0.5, 0.6) is 0 Å². The highest BCUT2D eigenvalue weighted by Crippen LogP contribution is 2.34. The van der Waals surface area contributed by atoms with Gasteiger partial charge in [0.2, 0.25) is 5.91 Å². The Labute approximate surface area is 224 Å². The molecule has 0 spiro atoms. The second-order valence-electron chi connectivity index (χ2n) is 9.04. The van der Waals surface area contributed by atoms with Gasteiger partial charge in [-0.15, -0.1) is 0 Å². The van der Waals surface area contributed by atoms with Gasteiger partial charge < -0.3 is 10.2 Å². The fourth-order valence-electron chi connectivity index (χ4n) is 4.35. The van der Waals surface area contributed by atoms with Crippen molar-refractivity contribution in [1.82, 2.24) is 10.2 Å². The number of nitrogens with one attached hydrogen (secondary N) is 1. The molecule has 0 unspecified atom stereocenters. The predicted octanol–water partition coefficient (Wildman–Crippen LogP) is 6.68. The van der Waals surface area contributed by atoms with E-state index in [1.54, 1.807) is 49.4 Å². The monoisotopic (exact) mass is 544 g/mol. The van der Waals surface area contributed by atoms with Crippen LogP contribution in [0.15, 0.2) is 72.4 Å². The molecule has 0 fully saturated rings. The Morgan fingerprint density at radius 1 is 0.897 bits per heavy atom. The average Bonchev–Trinajstić information content (AvgIpc) is 2.88. The number of amides is 2. The van der Waals surface area contributed by atoms with E-state index < -0.39 is 47.3 Å². The summed E-state index contributed by atoms with van der Waals surface area (Å²) in [5, 5.41) is 2.50. The van der Waals surface area contributed by atoms with Gasteiger partial charge in [0.05, 0.1) is 11.1 Å². The van der Waals surface area contributed by atoms with Gasteiger partial charge in [0.1, 0.15) is 11.6 Å². The molecule has 3 aromatic rings. The normalized spacial score (nSPS) is 12.1. The molecule has 4 nitrogen and oxygen atoms in total. The molecule has 0 aliphatic carbocycles. The average molecular weight is 545 g/mol. The minimum Gasteiger partial charge on any atom is -0.334 e. The highest BCUT2D eigenvalue weighted by Gasteiger charge is 2.36. The molecule has 0 bridgehead atoms. The molecule has 2 amide bonds. The summed E-state index contributed by atoms with van der Waals surface area (Å²) >= 11 is 0. The number of nitrogens with zero attached hydrogens (tertiary/aromatic N) is 1. The first-order valence-electron chi connectivity index (χ1n) is 12.4. The smallest absolute Gasteiger partial charge is 0.334 e. The fourth-order valence-corrected chi connectivity index (χ4v) is 4.35. The van der Waals surface area contributed by atoms with Gasteiger partial charge >= 0.3 is 6.18 Å². The van der Waals surface area contributed by atoms with Crippen molar-refractivity contribution in [1.29, 1.82) is 0 Å². The van der Waals surface area contributed by atoms with Crippen LogP contribution in [0.3, 0.4) is 0 Å². The van der Waals surface area contributed by atoms with Crippen molar-refractivity contribution in [3.63, 3.8) is 0 Å². The number of hydrogen-bond donors (Lipinski definition) is 1. The zero-order valence-corrected chi connectivity index (χ0v) is 21.8. The number of aryl methyl sites for hydroxylation is 1. The number of benzene rings is 3. The molecule has 39 heavy (non-hydrogen) atoms. The first-order valence-corrected chi connectivity index (χ1v) is 12.4. The summed E-state index contributed by atoms with van der Waals surface area (Å²) in [5.74, 6) is -3.17. The summed E-state index contributed by atoms with van der Waals surface area (Å²) in [6.45, 7) is 3.54. The van der Waals surface area contributed by atoms with E-state index in [9.17, 15) is 27.2 Å². The standard InChI is InChI=1S/C30H29F5N2O2/c1-4-22-12-8-13-23(28(22)32)27(19(2)36-20(3)38)29(39)37(17-16-21-10-6-5-7-11-21)18-24-25(30(33,34)35)14-9-15-26(24)31/h5-15H,4,16-18H2,1-3H3,(H,36,38)/b27-19-. The van der Waals surface area contributed by atoms with Crippen LogP contribution in [0.2, 0.25) is 0 Å². The van der Waals surface area contributed by atoms with Gasteiger partial charge in [-0.25, -0.2) is 8.78 Å². The number of carbonyl (C=O) groups excluding carboxylic acids is 2. The van der Waals surface area contributed by atoms with Gasteiger partial charge in [-0.05, 0) is 43.0 Å². The molecule has 0 radical (unpaired) electrons. The van der Waals surface area contributed by atoms with Gasteiger partial charge in [0.25, 0.3) is 5.91 Å². The second kappa shape index (κ2) is 12.7. The predicted molar refractivity (Wildman–Crippen MR) is 139 cm³/mol. The Morgan fingerprint density at radius 3 is 2.18 bits per heavy atom. The maximum absolute atomic E-state index is 15.5. The summed E-state index contributed by atoms with van der Waals surface area (Å²) in [7, 11) is 0. The lowest BCUT2D eigenvalue weighted by Crippen LogP contribution is -2.36. The van der Waals surface area contributed by atoms with Crippen molar-refractivity contribution in [3.8, 4) is 0 Å². The first kappa shape index (κ1) is 29.5. The SMILES string of the molecule is CCc1cccc(/C(C(=O)N(CCc2ccccc2)Cc2c(F)cccc2C(F)(F)F)=C(\C)NC(C)=O)c1F. The zero-order valence-electron chi connectivity index (χ0n) is 21.8. The van der Waals surface area contributed by atoms with E-state index in [-0.39, 0.29) is 29.8 Å². The van der Waals surface area contributed by atoms with Crippen LogP contribution in [0.4, 0.5) is 22.0 Å². The third-order valence-corrected chi connectivity index (χ3v) is 6.25. The number of alkyl halides is 3. The van der Waals surface area contributed by atoms with Crippen LogP contribution in [-0.2, 0) is 35.2 Å². The lowest BCUT2D eigenvalue weighted by molar-refractivity contribution is -0.139. The first-order chi connectivity index (χ1) is 18.4. The molecule has 3 aromatic carbocycles. The van der Waals surface area contributed by atoms with Crippen molar-refractivity contribution < 1.29 is 31.5 Å². The second-order valence-corrected chi connectivity index (χ2v) is 9.04. The number of hydrogen-bond acceptors (Lipinski definition) is 2. The maximum atomic E-state index is 15.5. The third-order valence-electron chi connectivity index (χ3n) is 6.25. The molecular weight excluding hydrogens is 515 g/mol. The van der Waals surface area contributed by atoms with Crippen LogP contribution in [-0.4, -0.2) is 23.3 Å². The van der Waals surface area contributed by atoms with Crippen molar-refractivity contribution in [2.24, 2.45) is 0 Å². The molecule has 0 aromatic heterocycles. The Kier molecular flexibility index (Phi) is 9.61. The maximum Gasteiger partial charge on any atom is 0.416 e. The van der Waals surface area contributed by atoms with E-state index in [2.05, 4.69) is 5.32 Å². The molecule has 0 aliphatic heterocycles. The summed E-state index contributed by atoms with van der Waals surface area (Å²) in [6, 6.07) is 16.0. The fraction of sp³-hybridized carbons (Fsp3) is 0.267. The number of halogens is 5. The molecule has 206 valence electrons. The van der Waals surface area contributed by atoms with Crippen molar-refractivity contribution in [2.75, 3.05) is 6.54 Å². The van der Waals surface area contributed by atoms with E-state index in [1.165, 1.54) is 19.9 Å². The van der Waals surface area contributed by atoms with E-state index in [0.29, 0.717) is 12.0 Å². The molecule has 3 rings (SSSR count). The summed E-state index contributed by atoms with van der Waals surface area (Å²) in [4.78, 5) is 27.0. The van der Waals surface area contributed by atoms with Gasteiger partial charge in [-0.1, -0.05) is 61.5 Å². The van der Waals surface area contributed by atoms with Crippen molar-refractivity contribution in [3.05, 3.63) is 112 Å². The molecule has 0 saturated heterocycles. The molecular formula is C30H29F5N2O2. The lowest BCUT2D eigenvalue weighted by Gasteiger charge is -2.27. The lowest BCUT2D eigenvalue weighted by atomic mass is 9.97. The molecule has 9 heteroatoms. The van der Waals surface area contributed by atoms with Gasteiger partial charge in [0, 0.05) is 36.8 Å². The minimum atomic E-state index is -4.86. The quantitative estimate of drug-likeness (QED) is 0.241. The van der Waals surface area contributed by atoms with Crippen LogP contribution in [0.25, 0.3) is 5.57 Å². The Balaban J connectivity index is 2.16. The topological polar surface area (TPSA) is 49.4 Å². The molecule has 1 N–H and O–H groups in total. The minimum absolute atomic E-state index is 0.0222. The van der Waals surface area contributed by atoms with Crippen LogP contribution >= 0.6 is 0 Å². The van der Waals surface area contributed by atoms with Crippen LogP contribution in [0, 0.1) is 11.6 Å².